The van der Waals surface area contributed by atoms with Crippen LogP contribution in [0.5, 0.6) is 11.5 Å². The molecule has 0 bridgehead atoms. The first-order chi connectivity index (χ1) is 16.7. The minimum absolute atomic E-state index is 0.0405. The van der Waals surface area contributed by atoms with Gasteiger partial charge in [-0.25, -0.2) is 0 Å². The molecule has 6 nitrogen and oxygen atoms in total. The number of aryl methyl sites for hydroxylation is 1. The molecule has 0 radical (unpaired) electrons. The number of H-pyrrole nitrogens is 1. The van der Waals surface area contributed by atoms with Gasteiger partial charge in [0.1, 0.15) is 11.5 Å². The number of carboxylic acids is 1. The van der Waals surface area contributed by atoms with E-state index < -0.39 is 5.97 Å². The maximum absolute atomic E-state index is 11.0. The third-order valence-corrected chi connectivity index (χ3v) is 5.72. The maximum atomic E-state index is 11.0. The summed E-state index contributed by atoms with van der Waals surface area (Å²) in [5.74, 6) is 0.652. The Balaban J connectivity index is 1.36. The standard InChI is InChI=1S/C28H30N2O4/c1-2-10-22-25(16-15-23-27(29-30-28(22)23)20-11-4-3-5-12-20)34-18-9-8-17-33-24-14-7-6-13-21(24)19-26(31)32/h3-7,11-16H,2,8-10,17-19H2,1H3,(H,29,30)(H,31,32). The average molecular weight is 459 g/mol. The molecule has 4 aromatic rings. The van der Waals surface area contributed by atoms with Crippen LogP contribution in [0.25, 0.3) is 22.2 Å². The lowest BCUT2D eigenvalue weighted by Crippen LogP contribution is -2.06. The van der Waals surface area contributed by atoms with Gasteiger partial charge in [-0.05, 0) is 37.5 Å². The summed E-state index contributed by atoms with van der Waals surface area (Å²) < 4.78 is 12.0. The molecule has 0 aliphatic carbocycles. The molecule has 0 saturated carbocycles. The van der Waals surface area contributed by atoms with Gasteiger partial charge in [-0.1, -0.05) is 61.9 Å². The molecule has 0 unspecified atom stereocenters. The fourth-order valence-electron chi connectivity index (χ4n) is 4.09. The van der Waals surface area contributed by atoms with Crippen LogP contribution in [0.15, 0.2) is 66.7 Å². The molecular weight excluding hydrogens is 428 g/mol. The van der Waals surface area contributed by atoms with Gasteiger partial charge in [-0.3, -0.25) is 9.89 Å². The zero-order chi connectivity index (χ0) is 23.8. The number of aromatic nitrogens is 2. The summed E-state index contributed by atoms with van der Waals surface area (Å²) in [6.07, 6.45) is 3.51. The zero-order valence-electron chi connectivity index (χ0n) is 19.4. The van der Waals surface area contributed by atoms with Crippen molar-refractivity contribution in [2.24, 2.45) is 0 Å². The monoisotopic (exact) mass is 458 g/mol. The molecule has 1 heterocycles. The SMILES string of the molecule is CCCc1c(OCCCCOc2ccccc2CC(=O)O)ccc2c(-c3ccccc3)[nH]nc12. The van der Waals surface area contributed by atoms with Crippen LogP contribution in [-0.4, -0.2) is 34.5 Å². The van der Waals surface area contributed by atoms with E-state index in [0.717, 1.165) is 59.2 Å². The van der Waals surface area contributed by atoms with E-state index in [4.69, 9.17) is 14.6 Å². The summed E-state index contributed by atoms with van der Waals surface area (Å²) >= 11 is 0. The van der Waals surface area contributed by atoms with E-state index in [0.29, 0.717) is 24.5 Å². The van der Waals surface area contributed by atoms with Gasteiger partial charge in [0.25, 0.3) is 0 Å². The maximum Gasteiger partial charge on any atom is 0.307 e. The fraction of sp³-hybridized carbons (Fsp3) is 0.286. The first-order valence-electron chi connectivity index (χ1n) is 11.8. The van der Waals surface area contributed by atoms with Crippen LogP contribution < -0.4 is 9.47 Å². The van der Waals surface area contributed by atoms with Gasteiger partial charge >= 0.3 is 5.97 Å². The van der Waals surface area contributed by atoms with Crippen molar-refractivity contribution in [3.05, 3.63) is 77.9 Å². The Hall–Kier alpha value is -3.80. The topological polar surface area (TPSA) is 84.4 Å². The Labute approximate surface area is 199 Å². The van der Waals surface area contributed by atoms with E-state index in [9.17, 15) is 4.79 Å². The van der Waals surface area contributed by atoms with Crippen LogP contribution in [-0.2, 0) is 17.6 Å². The zero-order valence-corrected chi connectivity index (χ0v) is 19.4. The summed E-state index contributed by atoms with van der Waals surface area (Å²) in [6, 6.07) is 21.6. The van der Waals surface area contributed by atoms with Crippen molar-refractivity contribution >= 4 is 16.9 Å². The number of ether oxygens (including phenoxy) is 2. The second-order valence-electron chi connectivity index (χ2n) is 8.24. The van der Waals surface area contributed by atoms with E-state index >= 15 is 0 Å². The molecule has 4 rings (SSSR count). The molecule has 0 spiro atoms. The minimum atomic E-state index is -0.864. The molecule has 176 valence electrons. The van der Waals surface area contributed by atoms with Crippen molar-refractivity contribution in [1.82, 2.24) is 10.2 Å². The van der Waals surface area contributed by atoms with Gasteiger partial charge in [-0.2, -0.15) is 5.10 Å². The number of rotatable bonds is 12. The van der Waals surface area contributed by atoms with E-state index in [1.54, 1.807) is 6.07 Å². The predicted octanol–water partition coefficient (Wildman–Crippen LogP) is 6.05. The summed E-state index contributed by atoms with van der Waals surface area (Å²) in [7, 11) is 0. The predicted molar refractivity (Wildman–Crippen MR) is 134 cm³/mol. The third-order valence-electron chi connectivity index (χ3n) is 5.72. The Morgan fingerprint density at radius 3 is 2.35 bits per heavy atom. The summed E-state index contributed by atoms with van der Waals surface area (Å²) in [6.45, 7) is 3.26. The number of fused-ring (bicyclic) bond motifs is 1. The molecule has 0 saturated heterocycles. The highest BCUT2D eigenvalue weighted by molar-refractivity contribution is 5.95. The lowest BCUT2D eigenvalue weighted by atomic mass is 10.0. The highest BCUT2D eigenvalue weighted by Gasteiger charge is 2.15. The Morgan fingerprint density at radius 1 is 0.912 bits per heavy atom. The number of nitrogens with zero attached hydrogens (tertiary/aromatic N) is 1. The minimum Gasteiger partial charge on any atom is -0.493 e. The highest BCUT2D eigenvalue weighted by atomic mass is 16.5. The number of carboxylic acid groups (broad SMARTS) is 1. The van der Waals surface area contributed by atoms with E-state index in [2.05, 4.69) is 35.3 Å². The molecule has 6 heteroatoms. The van der Waals surface area contributed by atoms with Gasteiger partial charge in [0, 0.05) is 22.1 Å². The number of para-hydroxylation sites is 1. The van der Waals surface area contributed by atoms with Gasteiger partial charge in [0.05, 0.1) is 30.8 Å². The van der Waals surface area contributed by atoms with Crippen LogP contribution in [0.1, 0.15) is 37.3 Å². The van der Waals surface area contributed by atoms with Crippen LogP contribution in [0, 0.1) is 0 Å². The van der Waals surface area contributed by atoms with Crippen LogP contribution in [0.4, 0.5) is 0 Å². The average Bonchev–Trinajstić information content (AvgIpc) is 3.28. The molecule has 3 aromatic carbocycles. The normalized spacial score (nSPS) is 11.0. The molecule has 1 aromatic heterocycles. The third kappa shape index (κ3) is 5.57. The molecule has 0 fully saturated rings. The quantitative estimate of drug-likeness (QED) is 0.253. The Bertz CT molecular complexity index is 1230. The lowest BCUT2D eigenvalue weighted by Gasteiger charge is -2.13. The number of carbonyl (C=O) groups is 1. The van der Waals surface area contributed by atoms with Crippen molar-refractivity contribution in [1.29, 1.82) is 0 Å². The van der Waals surface area contributed by atoms with Gasteiger partial charge in [0.2, 0.25) is 0 Å². The molecule has 34 heavy (non-hydrogen) atoms. The number of nitrogens with one attached hydrogen (secondary N) is 1. The van der Waals surface area contributed by atoms with Gasteiger partial charge in [0.15, 0.2) is 0 Å². The number of hydrogen-bond acceptors (Lipinski definition) is 4. The Morgan fingerprint density at radius 2 is 1.62 bits per heavy atom. The van der Waals surface area contributed by atoms with Crippen LogP contribution >= 0.6 is 0 Å². The van der Waals surface area contributed by atoms with Gasteiger partial charge < -0.3 is 14.6 Å². The molecule has 0 aliphatic heterocycles. The molecule has 0 amide bonds. The van der Waals surface area contributed by atoms with E-state index in [1.165, 1.54) is 0 Å². The van der Waals surface area contributed by atoms with Gasteiger partial charge in [-0.15, -0.1) is 0 Å². The molecule has 0 aliphatic rings. The van der Waals surface area contributed by atoms with Crippen molar-refractivity contribution in [3.8, 4) is 22.8 Å². The van der Waals surface area contributed by atoms with Crippen molar-refractivity contribution in [3.63, 3.8) is 0 Å². The molecule has 2 N–H and O–H groups in total. The number of unbranched alkanes of at least 4 members (excludes halogenated alkanes) is 1. The van der Waals surface area contributed by atoms with Crippen molar-refractivity contribution in [2.45, 2.75) is 39.0 Å². The van der Waals surface area contributed by atoms with Crippen LogP contribution in [0.3, 0.4) is 0 Å². The summed E-state index contributed by atoms with van der Waals surface area (Å²) in [5.41, 5.74) is 4.94. The largest absolute Gasteiger partial charge is 0.493 e. The highest BCUT2D eigenvalue weighted by Crippen LogP contribution is 2.33. The number of hydrogen-bond donors (Lipinski definition) is 2. The molecular formula is C28H30N2O4. The second-order valence-corrected chi connectivity index (χ2v) is 8.24. The Kier molecular flexibility index (Phi) is 7.81. The number of benzene rings is 3. The fourth-order valence-corrected chi connectivity index (χ4v) is 4.09. The summed E-state index contributed by atoms with van der Waals surface area (Å²) in [5, 5.41) is 18.0. The van der Waals surface area contributed by atoms with Crippen LogP contribution in [0.2, 0.25) is 0 Å². The van der Waals surface area contributed by atoms with E-state index in [1.807, 2.05) is 42.5 Å². The molecule has 0 atom stereocenters. The number of aliphatic carboxylic acids is 1. The lowest BCUT2D eigenvalue weighted by molar-refractivity contribution is -0.136. The van der Waals surface area contributed by atoms with Crippen molar-refractivity contribution in [2.75, 3.05) is 13.2 Å². The smallest absolute Gasteiger partial charge is 0.307 e. The summed E-state index contributed by atoms with van der Waals surface area (Å²) in [4.78, 5) is 11.0. The first kappa shape index (κ1) is 23.4. The van der Waals surface area contributed by atoms with Crippen molar-refractivity contribution < 1.29 is 19.4 Å². The second kappa shape index (κ2) is 11.4. The van der Waals surface area contributed by atoms with E-state index in [-0.39, 0.29) is 6.42 Å². The first-order valence-corrected chi connectivity index (χ1v) is 11.8. The number of aromatic amines is 1.